The minimum Gasteiger partial charge on any atom is -0.314 e. The normalized spacial score (nSPS) is 14.5. The van der Waals surface area contributed by atoms with Gasteiger partial charge in [-0.15, -0.1) is 6.58 Å². The molecule has 1 aliphatic rings. The lowest BCUT2D eigenvalue weighted by Gasteiger charge is -2.23. The van der Waals surface area contributed by atoms with Gasteiger partial charge in [-0.3, -0.25) is 0 Å². The van der Waals surface area contributed by atoms with Gasteiger partial charge in [0.05, 0.1) is 29.1 Å². The summed E-state index contributed by atoms with van der Waals surface area (Å²) in [5.74, 6) is 0.135. The van der Waals surface area contributed by atoms with Gasteiger partial charge in [0.25, 0.3) is 0 Å². The number of sulfonamides is 1. The van der Waals surface area contributed by atoms with Crippen LogP contribution in [0, 0.1) is 5.92 Å². The van der Waals surface area contributed by atoms with E-state index in [2.05, 4.69) is 11.6 Å². The van der Waals surface area contributed by atoms with E-state index in [1.807, 2.05) is 6.07 Å². The second-order valence-electron chi connectivity index (χ2n) is 8.23. The van der Waals surface area contributed by atoms with Crippen molar-refractivity contribution >= 4 is 19.9 Å². The molecule has 3 aromatic rings. The van der Waals surface area contributed by atoms with Crippen molar-refractivity contribution in [1.29, 1.82) is 0 Å². The molecule has 1 aliphatic carbocycles. The Morgan fingerprint density at radius 1 is 1.00 bits per heavy atom. The Morgan fingerprint density at radius 3 is 2.24 bits per heavy atom. The number of sulfone groups is 1. The summed E-state index contributed by atoms with van der Waals surface area (Å²) in [7, 11) is -7.49. The molecule has 0 atom stereocenters. The molecule has 0 saturated heterocycles. The number of imidazole rings is 1. The second kappa shape index (κ2) is 9.62. The van der Waals surface area contributed by atoms with Crippen LogP contribution in [0.4, 0.5) is 0 Å². The standard InChI is InChI=1S/C24H27N3O4S2/c1-2-15-27-22(16-25-24(27)32(28,29)19-21-9-5-3-6-10-21)18-26(17-20-13-14-20)33(30,31)23-11-7-4-8-12-23/h2-12,16,20H,1,13-15,17-19H2. The number of aromatic nitrogens is 2. The van der Waals surface area contributed by atoms with Crippen molar-refractivity contribution < 1.29 is 16.8 Å². The first-order valence-corrected chi connectivity index (χ1v) is 13.9. The van der Waals surface area contributed by atoms with Crippen molar-refractivity contribution in [3.05, 3.63) is 90.8 Å². The maximum atomic E-state index is 13.4. The highest BCUT2D eigenvalue weighted by atomic mass is 32.2. The van der Waals surface area contributed by atoms with Crippen LogP contribution in [-0.2, 0) is 38.7 Å². The van der Waals surface area contributed by atoms with Crippen LogP contribution in [0.2, 0.25) is 0 Å². The van der Waals surface area contributed by atoms with Gasteiger partial charge in [0.1, 0.15) is 0 Å². The number of nitrogens with zero attached hydrogens (tertiary/aromatic N) is 3. The number of hydrogen-bond acceptors (Lipinski definition) is 5. The fraction of sp³-hybridized carbons (Fsp3) is 0.292. The van der Waals surface area contributed by atoms with Crippen LogP contribution in [0.5, 0.6) is 0 Å². The molecular formula is C24H27N3O4S2. The summed E-state index contributed by atoms with van der Waals surface area (Å²) in [4.78, 5) is 4.43. The van der Waals surface area contributed by atoms with Gasteiger partial charge in [0, 0.05) is 13.1 Å². The molecule has 33 heavy (non-hydrogen) atoms. The summed E-state index contributed by atoms with van der Waals surface area (Å²) in [5, 5.41) is -0.0789. The zero-order valence-corrected chi connectivity index (χ0v) is 19.9. The molecule has 4 rings (SSSR count). The lowest BCUT2D eigenvalue weighted by Crippen LogP contribution is -2.33. The first kappa shape index (κ1) is 23.4. The third-order valence-electron chi connectivity index (χ3n) is 5.57. The molecule has 1 fully saturated rings. The van der Waals surface area contributed by atoms with Crippen LogP contribution < -0.4 is 0 Å². The first-order chi connectivity index (χ1) is 15.8. The van der Waals surface area contributed by atoms with E-state index in [0.717, 1.165) is 12.8 Å². The summed E-state index contributed by atoms with van der Waals surface area (Å²) in [6.07, 6.45) is 5.03. The van der Waals surface area contributed by atoms with Crippen LogP contribution in [0.3, 0.4) is 0 Å². The summed E-state index contributed by atoms with van der Waals surface area (Å²) in [5.41, 5.74) is 1.18. The van der Waals surface area contributed by atoms with Crippen molar-refractivity contribution in [3.8, 4) is 0 Å². The molecule has 1 saturated carbocycles. The average molecular weight is 486 g/mol. The third kappa shape index (κ3) is 5.43. The zero-order chi connectivity index (χ0) is 23.5. The maximum absolute atomic E-state index is 13.4. The molecule has 0 aliphatic heterocycles. The summed E-state index contributed by atoms with van der Waals surface area (Å²) in [6, 6.07) is 17.2. The predicted molar refractivity (Wildman–Crippen MR) is 127 cm³/mol. The molecule has 2 aromatic carbocycles. The van der Waals surface area contributed by atoms with E-state index in [1.54, 1.807) is 65.2 Å². The van der Waals surface area contributed by atoms with Gasteiger partial charge in [-0.1, -0.05) is 54.6 Å². The minimum atomic E-state index is -3.74. The molecule has 174 valence electrons. The summed E-state index contributed by atoms with van der Waals surface area (Å²) < 4.78 is 56.0. The number of hydrogen-bond donors (Lipinski definition) is 0. The Kier molecular flexibility index (Phi) is 6.83. The van der Waals surface area contributed by atoms with Crippen LogP contribution in [0.25, 0.3) is 0 Å². The van der Waals surface area contributed by atoms with Crippen LogP contribution in [0.15, 0.2) is 89.6 Å². The number of allylic oxidation sites excluding steroid dienone is 1. The highest BCUT2D eigenvalue weighted by molar-refractivity contribution is 7.90. The topological polar surface area (TPSA) is 89.3 Å². The molecule has 0 spiro atoms. The van der Waals surface area contributed by atoms with Gasteiger partial charge in [-0.2, -0.15) is 4.31 Å². The lowest BCUT2D eigenvalue weighted by molar-refractivity contribution is 0.380. The molecule has 0 N–H and O–H groups in total. The summed E-state index contributed by atoms with van der Waals surface area (Å²) in [6.45, 7) is 4.38. The highest BCUT2D eigenvalue weighted by Gasteiger charge is 2.33. The fourth-order valence-corrected chi connectivity index (χ4v) is 6.72. The monoisotopic (exact) mass is 485 g/mol. The zero-order valence-electron chi connectivity index (χ0n) is 18.2. The van der Waals surface area contributed by atoms with E-state index in [4.69, 9.17) is 0 Å². The van der Waals surface area contributed by atoms with Gasteiger partial charge in [0.15, 0.2) is 0 Å². The molecule has 1 heterocycles. The van der Waals surface area contributed by atoms with E-state index in [-0.39, 0.29) is 28.9 Å². The highest BCUT2D eigenvalue weighted by Crippen LogP contribution is 2.32. The van der Waals surface area contributed by atoms with E-state index < -0.39 is 19.9 Å². The van der Waals surface area contributed by atoms with Crippen molar-refractivity contribution in [2.45, 2.75) is 41.7 Å². The Balaban J connectivity index is 1.67. The lowest BCUT2D eigenvalue weighted by atomic mass is 10.2. The second-order valence-corrected chi connectivity index (χ2v) is 12.1. The Bertz CT molecular complexity index is 1310. The molecular weight excluding hydrogens is 458 g/mol. The van der Waals surface area contributed by atoms with E-state index in [9.17, 15) is 16.8 Å². The van der Waals surface area contributed by atoms with Gasteiger partial charge < -0.3 is 4.57 Å². The molecule has 0 radical (unpaired) electrons. The Labute approximate surface area is 195 Å². The largest absolute Gasteiger partial charge is 0.314 e. The van der Waals surface area contributed by atoms with Crippen molar-refractivity contribution in [2.75, 3.05) is 6.54 Å². The molecule has 9 heteroatoms. The predicted octanol–water partition coefficient (Wildman–Crippen LogP) is 3.64. The molecule has 0 unspecified atom stereocenters. The fourth-order valence-electron chi connectivity index (χ4n) is 3.71. The molecule has 7 nitrogen and oxygen atoms in total. The third-order valence-corrected chi connectivity index (χ3v) is 8.99. The minimum absolute atomic E-state index is 0.0371. The van der Waals surface area contributed by atoms with Gasteiger partial charge in [-0.25, -0.2) is 21.8 Å². The molecule has 0 bridgehead atoms. The van der Waals surface area contributed by atoms with E-state index in [0.29, 0.717) is 23.7 Å². The first-order valence-electron chi connectivity index (χ1n) is 10.8. The van der Waals surface area contributed by atoms with Gasteiger partial charge >= 0.3 is 0 Å². The van der Waals surface area contributed by atoms with Gasteiger partial charge in [-0.05, 0) is 36.5 Å². The Hall–Kier alpha value is -2.75. The molecule has 0 amide bonds. The smallest absolute Gasteiger partial charge is 0.243 e. The van der Waals surface area contributed by atoms with E-state index in [1.165, 1.54) is 10.5 Å². The number of rotatable bonds is 11. The molecule has 1 aromatic heterocycles. The van der Waals surface area contributed by atoms with Gasteiger partial charge in [0.2, 0.25) is 25.0 Å². The Morgan fingerprint density at radius 2 is 1.64 bits per heavy atom. The van der Waals surface area contributed by atoms with Crippen molar-refractivity contribution in [1.82, 2.24) is 13.9 Å². The van der Waals surface area contributed by atoms with E-state index >= 15 is 0 Å². The maximum Gasteiger partial charge on any atom is 0.243 e. The van der Waals surface area contributed by atoms with Crippen LogP contribution >= 0.6 is 0 Å². The van der Waals surface area contributed by atoms with Crippen molar-refractivity contribution in [2.24, 2.45) is 5.92 Å². The average Bonchev–Trinajstić information content (AvgIpc) is 3.53. The van der Waals surface area contributed by atoms with Crippen LogP contribution in [-0.4, -0.2) is 37.2 Å². The SMILES string of the molecule is C=CCn1c(CN(CC2CC2)S(=O)(=O)c2ccccc2)cnc1S(=O)(=O)Cc1ccccc1. The van der Waals surface area contributed by atoms with Crippen molar-refractivity contribution in [3.63, 3.8) is 0 Å². The summed E-state index contributed by atoms with van der Waals surface area (Å²) >= 11 is 0. The van der Waals surface area contributed by atoms with Crippen LogP contribution in [0.1, 0.15) is 24.1 Å². The number of benzene rings is 2. The quantitative estimate of drug-likeness (QED) is 0.387.